The molecule has 23 heavy (non-hydrogen) atoms. The van der Waals surface area contributed by atoms with Gasteiger partial charge in [-0.05, 0) is 19.4 Å². The first-order valence-electron chi connectivity index (χ1n) is 8.60. The number of nitrogens with zero attached hydrogens (tertiary/aromatic N) is 2. The Kier molecular flexibility index (Phi) is 5.11. The summed E-state index contributed by atoms with van der Waals surface area (Å²) in [5, 5.41) is 1.29. The van der Waals surface area contributed by atoms with Crippen LogP contribution in [-0.4, -0.2) is 41.0 Å². The van der Waals surface area contributed by atoms with Crippen LogP contribution in [0.2, 0.25) is 0 Å². The molecule has 4 heteroatoms. The summed E-state index contributed by atoms with van der Waals surface area (Å²) >= 11 is 0. The van der Waals surface area contributed by atoms with Crippen LogP contribution in [0.1, 0.15) is 38.2 Å². The van der Waals surface area contributed by atoms with E-state index in [9.17, 15) is 4.79 Å². The van der Waals surface area contributed by atoms with Crippen molar-refractivity contribution in [2.45, 2.75) is 39.2 Å². The quantitative estimate of drug-likeness (QED) is 0.606. The standard InChI is InChI=1S/C19H25N2O2/c1-2-23-19(22)10-7-13-21-15-16(14-20-11-5-6-12-20)17-8-3-4-9-18(17)21/h3-4,8-9,14-15H,2,5-7,10-13H2,1H3/q+1. The second kappa shape index (κ2) is 7.44. The average molecular weight is 313 g/mol. The lowest BCUT2D eigenvalue weighted by molar-refractivity contribution is -0.500. The Morgan fingerprint density at radius 2 is 2.09 bits per heavy atom. The number of ether oxygens (including phenoxy) is 1. The molecule has 1 aliphatic rings. The lowest BCUT2D eigenvalue weighted by Gasteiger charge is -2.05. The van der Waals surface area contributed by atoms with Crippen LogP contribution < -0.4 is 0 Å². The van der Waals surface area contributed by atoms with Crippen LogP contribution in [0.3, 0.4) is 0 Å². The van der Waals surface area contributed by atoms with Crippen molar-refractivity contribution in [2.75, 3.05) is 19.7 Å². The number of esters is 1. The highest BCUT2D eigenvalue weighted by Gasteiger charge is 2.15. The van der Waals surface area contributed by atoms with Crippen LogP contribution in [-0.2, 0) is 16.1 Å². The fourth-order valence-corrected chi connectivity index (χ4v) is 3.26. The highest BCUT2D eigenvalue weighted by atomic mass is 16.5. The third-order valence-electron chi connectivity index (χ3n) is 4.37. The van der Waals surface area contributed by atoms with E-state index < -0.39 is 0 Å². The van der Waals surface area contributed by atoms with Crippen molar-refractivity contribution in [3.05, 3.63) is 36.0 Å². The van der Waals surface area contributed by atoms with E-state index in [0.717, 1.165) is 26.1 Å². The normalized spacial score (nSPS) is 14.4. The zero-order chi connectivity index (χ0) is 16.1. The third kappa shape index (κ3) is 3.81. The van der Waals surface area contributed by atoms with Crippen molar-refractivity contribution in [3.63, 3.8) is 0 Å². The van der Waals surface area contributed by atoms with Gasteiger partial charge in [-0.1, -0.05) is 18.2 Å². The molecule has 1 aromatic heterocycles. The zero-order valence-corrected chi connectivity index (χ0v) is 13.8. The predicted molar refractivity (Wildman–Crippen MR) is 92.2 cm³/mol. The lowest BCUT2D eigenvalue weighted by atomic mass is 10.2. The monoisotopic (exact) mass is 313 g/mol. The van der Waals surface area contributed by atoms with Gasteiger partial charge in [0.25, 0.3) is 0 Å². The van der Waals surface area contributed by atoms with Gasteiger partial charge in [0.05, 0.1) is 12.2 Å². The van der Waals surface area contributed by atoms with Crippen LogP contribution in [0.25, 0.3) is 10.9 Å². The van der Waals surface area contributed by atoms with Gasteiger partial charge < -0.3 is 9.30 Å². The first-order chi connectivity index (χ1) is 11.3. The van der Waals surface area contributed by atoms with Gasteiger partial charge in [-0.25, -0.2) is 4.58 Å². The van der Waals surface area contributed by atoms with Gasteiger partial charge in [0, 0.05) is 42.9 Å². The number of benzene rings is 1. The maximum absolute atomic E-state index is 11.5. The summed E-state index contributed by atoms with van der Waals surface area (Å²) in [6.45, 7) is 5.45. The molecule has 4 nitrogen and oxygen atoms in total. The highest BCUT2D eigenvalue weighted by molar-refractivity contribution is 5.97. The molecule has 0 amide bonds. The van der Waals surface area contributed by atoms with E-state index in [4.69, 9.17) is 4.74 Å². The molecule has 0 saturated carbocycles. The van der Waals surface area contributed by atoms with Crippen molar-refractivity contribution in [1.29, 1.82) is 0 Å². The van der Waals surface area contributed by atoms with E-state index in [1.807, 2.05) is 6.92 Å². The summed E-state index contributed by atoms with van der Waals surface area (Å²) < 4.78 is 9.67. The molecule has 2 aromatic rings. The van der Waals surface area contributed by atoms with E-state index in [1.54, 1.807) is 0 Å². The fraction of sp³-hybridized carbons (Fsp3) is 0.474. The molecule has 2 heterocycles. The minimum Gasteiger partial charge on any atom is -0.466 e. The van der Waals surface area contributed by atoms with E-state index in [0.29, 0.717) is 13.0 Å². The molecule has 122 valence electrons. The van der Waals surface area contributed by atoms with Crippen molar-refractivity contribution in [1.82, 2.24) is 4.57 Å². The van der Waals surface area contributed by atoms with Crippen molar-refractivity contribution in [2.24, 2.45) is 0 Å². The Bertz CT molecular complexity index is 707. The molecule has 0 aliphatic carbocycles. The summed E-state index contributed by atoms with van der Waals surface area (Å²) in [6.07, 6.45) is 8.36. The maximum atomic E-state index is 11.5. The molecule has 0 spiro atoms. The Balaban J connectivity index is 1.77. The number of aromatic nitrogens is 1. The summed E-state index contributed by atoms with van der Waals surface area (Å²) in [4.78, 5) is 11.5. The third-order valence-corrected chi connectivity index (χ3v) is 4.37. The van der Waals surface area contributed by atoms with E-state index in [-0.39, 0.29) is 5.97 Å². The van der Waals surface area contributed by atoms with Crippen LogP contribution in [0.4, 0.5) is 0 Å². The molecule has 0 atom stereocenters. The maximum Gasteiger partial charge on any atom is 0.305 e. The number of carbonyl (C=O) groups excluding carboxylic acids is 1. The Morgan fingerprint density at radius 1 is 1.30 bits per heavy atom. The molecule has 1 aliphatic heterocycles. The van der Waals surface area contributed by atoms with Gasteiger partial charge in [0.1, 0.15) is 13.1 Å². The number of para-hydroxylation sites is 1. The molecule has 1 fully saturated rings. The van der Waals surface area contributed by atoms with Gasteiger partial charge in [-0.3, -0.25) is 4.79 Å². The lowest BCUT2D eigenvalue weighted by Crippen LogP contribution is -2.08. The smallest absolute Gasteiger partial charge is 0.305 e. The topological polar surface area (TPSA) is 34.2 Å². The van der Waals surface area contributed by atoms with Gasteiger partial charge in [-0.15, -0.1) is 0 Å². The zero-order valence-electron chi connectivity index (χ0n) is 13.8. The van der Waals surface area contributed by atoms with E-state index in [1.165, 1.54) is 29.3 Å². The summed E-state index contributed by atoms with van der Waals surface area (Å²) in [5.74, 6) is -0.104. The first-order valence-corrected chi connectivity index (χ1v) is 8.60. The van der Waals surface area contributed by atoms with Crippen molar-refractivity contribution < 1.29 is 14.1 Å². The number of carbonyl (C=O) groups is 1. The van der Waals surface area contributed by atoms with E-state index in [2.05, 4.69) is 45.8 Å². The minimum atomic E-state index is -0.104. The molecule has 0 unspecified atom stereocenters. The molecular weight excluding hydrogens is 288 g/mol. The van der Waals surface area contributed by atoms with Gasteiger partial charge >= 0.3 is 5.97 Å². The van der Waals surface area contributed by atoms with Crippen LogP contribution in [0.15, 0.2) is 30.5 Å². The highest BCUT2D eigenvalue weighted by Crippen LogP contribution is 2.21. The summed E-state index contributed by atoms with van der Waals surface area (Å²) in [5.41, 5.74) is 2.51. The SMILES string of the molecule is CCOC(=O)CCCn1cc(C=[N+]2CCCC2)c2ccccc21. The Labute approximate surface area is 137 Å². The second-order valence-corrected chi connectivity index (χ2v) is 6.08. The number of fused-ring (bicyclic) bond motifs is 1. The summed E-state index contributed by atoms with van der Waals surface area (Å²) in [7, 11) is 0. The minimum absolute atomic E-state index is 0.104. The van der Waals surface area contributed by atoms with Gasteiger partial charge in [0.2, 0.25) is 0 Å². The molecule has 1 saturated heterocycles. The molecule has 0 N–H and O–H groups in total. The summed E-state index contributed by atoms with van der Waals surface area (Å²) in [6, 6.07) is 8.50. The van der Waals surface area contributed by atoms with Gasteiger partial charge in [-0.2, -0.15) is 0 Å². The molecule has 3 rings (SSSR count). The first kappa shape index (κ1) is 15.8. The molecule has 0 radical (unpaired) electrons. The van der Waals surface area contributed by atoms with Crippen molar-refractivity contribution in [3.8, 4) is 0 Å². The number of hydrogen-bond acceptors (Lipinski definition) is 2. The van der Waals surface area contributed by atoms with Gasteiger partial charge in [0.15, 0.2) is 6.21 Å². The number of hydrogen-bond donors (Lipinski definition) is 0. The van der Waals surface area contributed by atoms with Crippen molar-refractivity contribution >= 4 is 23.1 Å². The van der Waals surface area contributed by atoms with Crippen LogP contribution in [0.5, 0.6) is 0 Å². The molecular formula is C19H25N2O2+. The molecule has 0 bridgehead atoms. The number of aryl methyl sites for hydroxylation is 1. The Morgan fingerprint density at radius 3 is 2.87 bits per heavy atom. The molecule has 1 aromatic carbocycles. The fourth-order valence-electron chi connectivity index (χ4n) is 3.26. The average Bonchev–Trinajstić information content (AvgIpc) is 3.17. The van der Waals surface area contributed by atoms with Crippen LogP contribution >= 0.6 is 0 Å². The van der Waals surface area contributed by atoms with E-state index >= 15 is 0 Å². The second-order valence-electron chi connectivity index (χ2n) is 6.08. The predicted octanol–water partition coefficient (Wildman–Crippen LogP) is 3.21. The number of rotatable bonds is 6. The van der Waals surface area contributed by atoms with Crippen LogP contribution in [0, 0.1) is 0 Å². The largest absolute Gasteiger partial charge is 0.466 e. The Hall–Kier alpha value is -2.10.